The largest absolute Gasteiger partial charge is 0.368 e. The van der Waals surface area contributed by atoms with Gasteiger partial charge in [0.25, 0.3) is 5.91 Å². The predicted molar refractivity (Wildman–Crippen MR) is 122 cm³/mol. The number of imide groups is 1. The average molecular weight is 468 g/mol. The van der Waals surface area contributed by atoms with E-state index in [9.17, 15) is 23.6 Å². The summed E-state index contributed by atoms with van der Waals surface area (Å²) in [5.41, 5.74) is 0.100. The van der Waals surface area contributed by atoms with Crippen molar-refractivity contribution in [1.29, 1.82) is 0 Å². The summed E-state index contributed by atoms with van der Waals surface area (Å²) in [6.45, 7) is 3.21. The summed E-state index contributed by atoms with van der Waals surface area (Å²) in [4.78, 5) is 54.8. The summed E-state index contributed by atoms with van der Waals surface area (Å²) in [5, 5.41) is 5.06. The van der Waals surface area contributed by atoms with Crippen LogP contribution in [0.25, 0.3) is 0 Å². The average Bonchev–Trinajstić information content (AvgIpc) is 3.07. The number of amides is 5. The van der Waals surface area contributed by atoms with Crippen LogP contribution in [0, 0.1) is 5.82 Å². The van der Waals surface area contributed by atoms with E-state index in [1.165, 1.54) is 31.2 Å². The second-order valence-corrected chi connectivity index (χ2v) is 8.43. The Bertz CT molecular complexity index is 1090. The zero-order valence-corrected chi connectivity index (χ0v) is 18.8. The van der Waals surface area contributed by atoms with Gasteiger partial charge in [0.05, 0.1) is 6.54 Å². The topological polar surface area (TPSA) is 102 Å². The molecule has 0 aromatic heterocycles. The van der Waals surface area contributed by atoms with Crippen molar-refractivity contribution in [2.45, 2.75) is 12.5 Å². The lowest BCUT2D eigenvalue weighted by Gasteiger charge is -2.36. The molecule has 10 heteroatoms. The van der Waals surface area contributed by atoms with Crippen molar-refractivity contribution < 1.29 is 23.6 Å². The van der Waals surface area contributed by atoms with E-state index >= 15 is 0 Å². The fraction of sp³-hybridized carbons (Fsp3) is 0.333. The number of carbonyl (C=O) groups is 4. The van der Waals surface area contributed by atoms with Crippen LogP contribution in [0.2, 0.25) is 0 Å². The van der Waals surface area contributed by atoms with Gasteiger partial charge >= 0.3 is 6.03 Å². The summed E-state index contributed by atoms with van der Waals surface area (Å²) < 4.78 is 13.2. The van der Waals surface area contributed by atoms with E-state index < -0.39 is 35.7 Å². The van der Waals surface area contributed by atoms with E-state index in [2.05, 4.69) is 15.5 Å². The van der Waals surface area contributed by atoms with Gasteiger partial charge in [-0.2, -0.15) is 0 Å². The molecular weight excluding hydrogens is 441 g/mol. The smallest absolute Gasteiger partial charge is 0.325 e. The first-order valence-corrected chi connectivity index (χ1v) is 11.0. The number of carbonyl (C=O) groups excluding carboxylic acids is 4. The molecule has 4 rings (SSSR count). The number of nitrogens with one attached hydrogen (secondary N) is 2. The Balaban J connectivity index is 1.27. The molecule has 2 aromatic rings. The number of urea groups is 1. The highest BCUT2D eigenvalue weighted by atomic mass is 19.1. The number of halogens is 1. The van der Waals surface area contributed by atoms with Crippen LogP contribution in [0.3, 0.4) is 0 Å². The molecule has 0 radical (unpaired) electrons. The minimum Gasteiger partial charge on any atom is -0.368 e. The molecule has 2 aliphatic heterocycles. The first-order chi connectivity index (χ1) is 16.3. The van der Waals surface area contributed by atoms with Crippen LogP contribution in [0.15, 0.2) is 54.6 Å². The second kappa shape index (κ2) is 9.50. The molecule has 0 aliphatic carbocycles. The molecule has 2 N–H and O–H groups in total. The zero-order chi connectivity index (χ0) is 24.3. The first kappa shape index (κ1) is 23.2. The van der Waals surface area contributed by atoms with Crippen LogP contribution < -0.4 is 15.5 Å². The van der Waals surface area contributed by atoms with E-state index in [1.54, 1.807) is 4.90 Å². The summed E-state index contributed by atoms with van der Waals surface area (Å²) >= 11 is 0. The Morgan fingerprint density at radius 3 is 2.29 bits per heavy atom. The van der Waals surface area contributed by atoms with Gasteiger partial charge in [-0.05, 0) is 36.8 Å². The fourth-order valence-corrected chi connectivity index (χ4v) is 4.16. The SMILES string of the molecule is CC1(c2ccc(F)cc2)NC(=O)N(CC(=O)NCC(=O)N2CCN(c3ccccc3)CC2)C1=O. The van der Waals surface area contributed by atoms with Crippen LogP contribution in [0.5, 0.6) is 0 Å². The molecule has 34 heavy (non-hydrogen) atoms. The third-order valence-corrected chi connectivity index (χ3v) is 6.19. The van der Waals surface area contributed by atoms with E-state index in [1.807, 2.05) is 30.3 Å². The molecule has 2 fully saturated rings. The van der Waals surface area contributed by atoms with E-state index in [0.717, 1.165) is 10.6 Å². The van der Waals surface area contributed by atoms with E-state index in [4.69, 9.17) is 0 Å². The highest BCUT2D eigenvalue weighted by Crippen LogP contribution is 2.28. The Hall–Kier alpha value is -3.95. The lowest BCUT2D eigenvalue weighted by molar-refractivity contribution is -0.136. The molecule has 2 saturated heterocycles. The third kappa shape index (κ3) is 4.70. The Labute approximate surface area is 196 Å². The zero-order valence-electron chi connectivity index (χ0n) is 18.8. The van der Waals surface area contributed by atoms with Gasteiger partial charge in [0, 0.05) is 31.9 Å². The third-order valence-electron chi connectivity index (χ3n) is 6.19. The van der Waals surface area contributed by atoms with Gasteiger partial charge < -0.3 is 20.4 Å². The van der Waals surface area contributed by atoms with Gasteiger partial charge in [-0.15, -0.1) is 0 Å². The van der Waals surface area contributed by atoms with E-state index in [-0.39, 0.29) is 12.5 Å². The Morgan fingerprint density at radius 2 is 1.65 bits per heavy atom. The molecule has 0 bridgehead atoms. The maximum atomic E-state index is 13.2. The van der Waals surface area contributed by atoms with Crippen molar-refractivity contribution in [2.75, 3.05) is 44.2 Å². The van der Waals surface area contributed by atoms with Crippen LogP contribution in [0.4, 0.5) is 14.9 Å². The monoisotopic (exact) mass is 467 g/mol. The van der Waals surface area contributed by atoms with Crippen LogP contribution in [0.1, 0.15) is 12.5 Å². The molecule has 178 valence electrons. The first-order valence-electron chi connectivity index (χ1n) is 11.0. The molecule has 2 heterocycles. The van der Waals surface area contributed by atoms with Crippen molar-refractivity contribution in [3.05, 3.63) is 66.0 Å². The molecule has 9 nitrogen and oxygen atoms in total. The standard InChI is InChI=1S/C24H26FN5O4/c1-24(17-7-9-18(25)10-8-17)22(33)30(23(34)27-24)16-20(31)26-15-21(32)29-13-11-28(12-14-29)19-5-3-2-4-6-19/h2-10H,11-16H2,1H3,(H,26,31)(H,27,34). The van der Waals surface area contributed by atoms with Crippen LogP contribution >= 0.6 is 0 Å². The molecule has 1 unspecified atom stereocenters. The number of anilines is 1. The van der Waals surface area contributed by atoms with Crippen molar-refractivity contribution in [3.8, 4) is 0 Å². The molecule has 2 aromatic carbocycles. The number of nitrogens with zero attached hydrogens (tertiary/aromatic N) is 3. The lowest BCUT2D eigenvalue weighted by atomic mass is 9.92. The van der Waals surface area contributed by atoms with Crippen molar-refractivity contribution in [3.63, 3.8) is 0 Å². The van der Waals surface area contributed by atoms with Gasteiger partial charge in [-0.3, -0.25) is 19.3 Å². The van der Waals surface area contributed by atoms with Gasteiger partial charge in [0.1, 0.15) is 17.9 Å². The maximum Gasteiger partial charge on any atom is 0.325 e. The molecule has 5 amide bonds. The highest BCUT2D eigenvalue weighted by Gasteiger charge is 2.49. The second-order valence-electron chi connectivity index (χ2n) is 8.43. The van der Waals surface area contributed by atoms with Crippen molar-refractivity contribution in [2.24, 2.45) is 0 Å². The molecule has 2 aliphatic rings. The van der Waals surface area contributed by atoms with Crippen molar-refractivity contribution >= 4 is 29.4 Å². The van der Waals surface area contributed by atoms with Crippen molar-refractivity contribution in [1.82, 2.24) is 20.4 Å². The summed E-state index contributed by atoms with van der Waals surface area (Å²) in [6.07, 6.45) is 0. The number of hydrogen-bond donors (Lipinski definition) is 2. The number of hydrogen-bond acceptors (Lipinski definition) is 5. The molecule has 0 saturated carbocycles. The Kier molecular flexibility index (Phi) is 6.49. The summed E-state index contributed by atoms with van der Waals surface area (Å²) in [5.74, 6) is -1.94. The summed E-state index contributed by atoms with van der Waals surface area (Å²) in [6, 6.07) is 14.4. The minimum absolute atomic E-state index is 0.219. The van der Waals surface area contributed by atoms with E-state index in [0.29, 0.717) is 31.7 Å². The number of rotatable bonds is 6. The Morgan fingerprint density at radius 1 is 1.00 bits per heavy atom. The number of para-hydroxylation sites is 1. The minimum atomic E-state index is -1.40. The van der Waals surface area contributed by atoms with Crippen LogP contribution in [-0.4, -0.2) is 72.8 Å². The number of benzene rings is 2. The van der Waals surface area contributed by atoms with Gasteiger partial charge in [0.2, 0.25) is 11.8 Å². The predicted octanol–water partition coefficient (Wildman–Crippen LogP) is 1.06. The van der Waals surface area contributed by atoms with Crippen LogP contribution in [-0.2, 0) is 19.9 Å². The quantitative estimate of drug-likeness (QED) is 0.619. The fourth-order valence-electron chi connectivity index (χ4n) is 4.16. The van der Waals surface area contributed by atoms with Gasteiger partial charge in [-0.25, -0.2) is 9.18 Å². The normalized spacial score (nSPS) is 20.4. The van der Waals surface area contributed by atoms with Gasteiger partial charge in [-0.1, -0.05) is 30.3 Å². The molecule has 1 atom stereocenters. The molecule has 0 spiro atoms. The number of piperazine rings is 1. The molecular formula is C24H26FN5O4. The maximum absolute atomic E-state index is 13.2. The summed E-state index contributed by atoms with van der Waals surface area (Å²) in [7, 11) is 0. The van der Waals surface area contributed by atoms with Gasteiger partial charge in [0.15, 0.2) is 0 Å². The lowest BCUT2D eigenvalue weighted by Crippen LogP contribution is -2.52. The highest BCUT2D eigenvalue weighted by molar-refractivity contribution is 6.09.